The van der Waals surface area contributed by atoms with Crippen molar-refractivity contribution >= 4 is 5.97 Å². The predicted octanol–water partition coefficient (Wildman–Crippen LogP) is 2.83. The van der Waals surface area contributed by atoms with Gasteiger partial charge in [-0.1, -0.05) is 43.7 Å². The zero-order chi connectivity index (χ0) is 10.9. The van der Waals surface area contributed by atoms with Gasteiger partial charge in [0.15, 0.2) is 0 Å². The number of rotatable bonds is 2. The van der Waals surface area contributed by atoms with Crippen LogP contribution in [0, 0.1) is 5.92 Å². The van der Waals surface area contributed by atoms with E-state index < -0.39 is 11.4 Å². The molecule has 80 valence electrons. The molecule has 0 amide bonds. The number of carbonyl (C=O) groups is 1. The van der Waals surface area contributed by atoms with E-state index in [4.69, 9.17) is 0 Å². The van der Waals surface area contributed by atoms with Crippen LogP contribution in [0.2, 0.25) is 0 Å². The third-order valence-electron chi connectivity index (χ3n) is 3.72. The molecule has 1 N–H and O–H groups in total. The quantitative estimate of drug-likeness (QED) is 0.804. The second kappa shape index (κ2) is 3.69. The minimum absolute atomic E-state index is 0.234. The molecule has 2 rings (SSSR count). The lowest BCUT2D eigenvalue weighted by atomic mass is 9.73. The maximum Gasteiger partial charge on any atom is 0.314 e. The number of hydrogen-bond donors (Lipinski definition) is 1. The summed E-state index contributed by atoms with van der Waals surface area (Å²) in [5.41, 5.74) is 0.323. The van der Waals surface area contributed by atoms with Crippen molar-refractivity contribution in [3.63, 3.8) is 0 Å². The third-order valence-corrected chi connectivity index (χ3v) is 3.72. The highest BCUT2D eigenvalue weighted by Gasteiger charge is 2.48. The molecule has 1 aromatic carbocycles. The molecule has 0 aromatic heterocycles. The van der Waals surface area contributed by atoms with Crippen molar-refractivity contribution in [2.45, 2.75) is 31.6 Å². The Balaban J connectivity index is 2.49. The van der Waals surface area contributed by atoms with Gasteiger partial charge in [-0.15, -0.1) is 0 Å². The average Bonchev–Trinajstić information content (AvgIpc) is 2.62. The first-order valence-corrected chi connectivity index (χ1v) is 5.47. The zero-order valence-electron chi connectivity index (χ0n) is 8.94. The Labute approximate surface area is 89.9 Å². The van der Waals surface area contributed by atoms with Crippen LogP contribution in [0.25, 0.3) is 0 Å². The molecule has 0 radical (unpaired) electrons. The molecule has 0 heterocycles. The van der Waals surface area contributed by atoms with Crippen molar-refractivity contribution in [3.05, 3.63) is 35.9 Å². The molecule has 0 bridgehead atoms. The van der Waals surface area contributed by atoms with E-state index in [-0.39, 0.29) is 5.92 Å². The summed E-state index contributed by atoms with van der Waals surface area (Å²) in [6.07, 6.45) is 2.80. The van der Waals surface area contributed by atoms with E-state index in [2.05, 4.69) is 0 Å². The highest BCUT2D eigenvalue weighted by Crippen LogP contribution is 2.45. The van der Waals surface area contributed by atoms with Crippen molar-refractivity contribution < 1.29 is 9.90 Å². The lowest BCUT2D eigenvalue weighted by Gasteiger charge is -2.29. The standard InChI is InChI=1S/C13H16O2/c1-10-6-5-9-13(10,12(14)15)11-7-3-2-4-8-11/h2-4,7-8,10H,5-6,9H2,1H3,(H,14,15)/t10-,13-/m1/s1. The summed E-state index contributed by atoms with van der Waals surface area (Å²) in [4.78, 5) is 11.5. The van der Waals surface area contributed by atoms with Gasteiger partial charge >= 0.3 is 5.97 Å². The summed E-state index contributed by atoms with van der Waals surface area (Å²) in [6, 6.07) is 9.65. The zero-order valence-corrected chi connectivity index (χ0v) is 8.94. The van der Waals surface area contributed by atoms with Crippen LogP contribution in [-0.4, -0.2) is 11.1 Å². The molecule has 0 saturated heterocycles. The minimum atomic E-state index is -0.668. The monoisotopic (exact) mass is 204 g/mol. The molecule has 2 nitrogen and oxygen atoms in total. The highest BCUT2D eigenvalue weighted by molar-refractivity contribution is 5.82. The number of carboxylic acid groups (broad SMARTS) is 1. The number of carboxylic acids is 1. The fourth-order valence-electron chi connectivity index (χ4n) is 2.79. The van der Waals surface area contributed by atoms with Crippen LogP contribution in [0.15, 0.2) is 30.3 Å². The Bertz CT molecular complexity index is 358. The molecule has 1 aromatic rings. The molecule has 0 aliphatic heterocycles. The molecular formula is C13H16O2. The van der Waals surface area contributed by atoms with Gasteiger partial charge in [0.2, 0.25) is 0 Å². The first-order chi connectivity index (χ1) is 7.18. The highest BCUT2D eigenvalue weighted by atomic mass is 16.4. The van der Waals surface area contributed by atoms with Crippen molar-refractivity contribution in [1.29, 1.82) is 0 Å². The molecule has 1 aliphatic carbocycles. The van der Waals surface area contributed by atoms with Gasteiger partial charge in [-0.25, -0.2) is 0 Å². The van der Waals surface area contributed by atoms with E-state index in [1.54, 1.807) is 0 Å². The first-order valence-electron chi connectivity index (χ1n) is 5.47. The summed E-state index contributed by atoms with van der Waals surface area (Å²) < 4.78 is 0. The largest absolute Gasteiger partial charge is 0.481 e. The lowest BCUT2D eigenvalue weighted by molar-refractivity contribution is -0.145. The van der Waals surface area contributed by atoms with Crippen molar-refractivity contribution in [2.75, 3.05) is 0 Å². The van der Waals surface area contributed by atoms with Gasteiger partial charge in [0.1, 0.15) is 0 Å². The summed E-state index contributed by atoms with van der Waals surface area (Å²) in [5.74, 6) is -0.434. The van der Waals surface area contributed by atoms with Gasteiger partial charge in [0, 0.05) is 0 Å². The van der Waals surface area contributed by atoms with Crippen LogP contribution >= 0.6 is 0 Å². The number of hydrogen-bond acceptors (Lipinski definition) is 1. The lowest BCUT2D eigenvalue weighted by Crippen LogP contribution is -2.38. The van der Waals surface area contributed by atoms with E-state index >= 15 is 0 Å². The van der Waals surface area contributed by atoms with Gasteiger partial charge in [0.25, 0.3) is 0 Å². The van der Waals surface area contributed by atoms with Crippen LogP contribution in [0.4, 0.5) is 0 Å². The Morgan fingerprint density at radius 1 is 1.40 bits per heavy atom. The first kappa shape index (κ1) is 10.2. The molecule has 1 fully saturated rings. The Kier molecular flexibility index (Phi) is 2.51. The smallest absolute Gasteiger partial charge is 0.314 e. The Morgan fingerprint density at radius 2 is 2.07 bits per heavy atom. The van der Waals surface area contributed by atoms with Crippen LogP contribution in [0.5, 0.6) is 0 Å². The van der Waals surface area contributed by atoms with E-state index in [0.717, 1.165) is 24.8 Å². The van der Waals surface area contributed by atoms with Crippen LogP contribution in [-0.2, 0) is 10.2 Å². The van der Waals surface area contributed by atoms with Crippen LogP contribution < -0.4 is 0 Å². The molecule has 0 unspecified atom stereocenters. The molecular weight excluding hydrogens is 188 g/mol. The summed E-state index contributed by atoms with van der Waals surface area (Å²) in [7, 11) is 0. The van der Waals surface area contributed by atoms with Gasteiger partial charge < -0.3 is 5.11 Å². The van der Waals surface area contributed by atoms with E-state index in [1.807, 2.05) is 37.3 Å². The predicted molar refractivity (Wildman–Crippen MR) is 58.8 cm³/mol. The normalized spacial score (nSPS) is 30.3. The summed E-state index contributed by atoms with van der Waals surface area (Å²) in [6.45, 7) is 2.05. The maximum absolute atomic E-state index is 11.5. The van der Waals surface area contributed by atoms with Crippen molar-refractivity contribution in [3.8, 4) is 0 Å². The number of aliphatic carboxylic acids is 1. The molecule has 1 aliphatic rings. The maximum atomic E-state index is 11.5. The molecule has 15 heavy (non-hydrogen) atoms. The summed E-state index contributed by atoms with van der Waals surface area (Å²) >= 11 is 0. The SMILES string of the molecule is C[C@@H]1CCC[C@]1(C(=O)O)c1ccccc1. The molecule has 1 saturated carbocycles. The minimum Gasteiger partial charge on any atom is -0.481 e. The summed E-state index contributed by atoms with van der Waals surface area (Å²) in [5, 5.41) is 9.49. The van der Waals surface area contributed by atoms with Gasteiger partial charge in [-0.2, -0.15) is 0 Å². The van der Waals surface area contributed by atoms with Gasteiger partial charge in [-0.3, -0.25) is 4.79 Å². The topological polar surface area (TPSA) is 37.3 Å². The fourth-order valence-corrected chi connectivity index (χ4v) is 2.79. The van der Waals surface area contributed by atoms with Crippen LogP contribution in [0.3, 0.4) is 0 Å². The van der Waals surface area contributed by atoms with Crippen molar-refractivity contribution in [2.24, 2.45) is 5.92 Å². The Hall–Kier alpha value is -1.31. The Morgan fingerprint density at radius 3 is 2.53 bits per heavy atom. The average molecular weight is 204 g/mol. The second-order valence-corrected chi connectivity index (χ2v) is 4.44. The molecule has 0 spiro atoms. The second-order valence-electron chi connectivity index (χ2n) is 4.44. The van der Waals surface area contributed by atoms with Crippen molar-refractivity contribution in [1.82, 2.24) is 0 Å². The van der Waals surface area contributed by atoms with E-state index in [9.17, 15) is 9.90 Å². The fraction of sp³-hybridized carbons (Fsp3) is 0.462. The third kappa shape index (κ3) is 1.44. The number of benzene rings is 1. The van der Waals surface area contributed by atoms with E-state index in [0.29, 0.717) is 0 Å². The molecule has 2 atom stereocenters. The molecule has 2 heteroatoms. The van der Waals surface area contributed by atoms with E-state index in [1.165, 1.54) is 0 Å². The van der Waals surface area contributed by atoms with Crippen LogP contribution in [0.1, 0.15) is 31.7 Å². The van der Waals surface area contributed by atoms with Gasteiger partial charge in [0.05, 0.1) is 5.41 Å². The van der Waals surface area contributed by atoms with Gasteiger partial charge in [-0.05, 0) is 24.3 Å².